The fraction of sp³-hybridized carbons (Fsp3) is 0.286. The summed E-state index contributed by atoms with van der Waals surface area (Å²) in [5.74, 6) is 1.08. The van der Waals surface area contributed by atoms with E-state index in [4.69, 9.17) is 14.3 Å². The van der Waals surface area contributed by atoms with Gasteiger partial charge in [-0.15, -0.1) is 0 Å². The maximum atomic E-state index is 10.8. The van der Waals surface area contributed by atoms with E-state index in [-0.39, 0.29) is 5.56 Å². The molecule has 0 radical (unpaired) electrons. The van der Waals surface area contributed by atoms with E-state index in [1.54, 1.807) is 12.1 Å². The molecule has 6 heteroatoms. The van der Waals surface area contributed by atoms with Crippen molar-refractivity contribution in [2.24, 2.45) is 0 Å². The average molecular weight is 293 g/mol. The van der Waals surface area contributed by atoms with Crippen LogP contribution < -0.4 is 4.74 Å². The van der Waals surface area contributed by atoms with E-state index in [0.29, 0.717) is 23.3 Å². The molecule has 0 aliphatic rings. The molecule has 0 aliphatic heterocycles. The highest BCUT2D eigenvalue weighted by Gasteiger charge is 2.06. The van der Waals surface area contributed by atoms with Crippen LogP contribution in [0.1, 0.15) is 21.8 Å². The lowest BCUT2D eigenvalue weighted by molar-refractivity contribution is 0.0696. The first kappa shape index (κ1) is 14.5. The molecule has 0 aliphatic carbocycles. The quantitative estimate of drug-likeness (QED) is 0.651. The van der Waals surface area contributed by atoms with Gasteiger partial charge >= 0.3 is 5.97 Å². The van der Waals surface area contributed by atoms with E-state index >= 15 is 0 Å². The molecule has 0 amide bonds. The van der Waals surface area contributed by atoms with Crippen molar-refractivity contribution in [3.05, 3.63) is 41.3 Å². The number of hydrogen-bond acceptors (Lipinski definition) is 5. The molecule has 0 atom stereocenters. The van der Waals surface area contributed by atoms with Crippen LogP contribution in [0.3, 0.4) is 0 Å². The Labute approximate surface area is 121 Å². The Morgan fingerprint density at radius 2 is 2.25 bits per heavy atom. The molecule has 2 rings (SSSR count). The van der Waals surface area contributed by atoms with Gasteiger partial charge in [0.1, 0.15) is 11.5 Å². The molecule has 0 saturated carbocycles. The van der Waals surface area contributed by atoms with E-state index in [2.05, 4.69) is 4.98 Å². The van der Waals surface area contributed by atoms with Crippen LogP contribution >= 0.6 is 11.8 Å². The third-order valence-corrected chi connectivity index (χ3v) is 3.46. The molecule has 1 aromatic carbocycles. The van der Waals surface area contributed by atoms with Gasteiger partial charge in [0.05, 0.1) is 17.9 Å². The number of aromatic nitrogens is 1. The molecule has 0 fully saturated rings. The minimum atomic E-state index is -0.962. The Kier molecular flexibility index (Phi) is 4.68. The topological polar surface area (TPSA) is 72.6 Å². The minimum Gasteiger partial charge on any atom is -0.493 e. The summed E-state index contributed by atoms with van der Waals surface area (Å²) in [5.41, 5.74) is 1.11. The van der Waals surface area contributed by atoms with Crippen molar-refractivity contribution in [3.63, 3.8) is 0 Å². The van der Waals surface area contributed by atoms with Gasteiger partial charge in [0.2, 0.25) is 0 Å². The van der Waals surface area contributed by atoms with E-state index in [0.717, 1.165) is 11.5 Å². The summed E-state index contributed by atoms with van der Waals surface area (Å²) in [5, 5.41) is 9.51. The molecular weight excluding hydrogens is 278 g/mol. The van der Waals surface area contributed by atoms with Crippen molar-refractivity contribution in [2.45, 2.75) is 19.1 Å². The molecule has 0 bridgehead atoms. The summed E-state index contributed by atoms with van der Waals surface area (Å²) < 4.78 is 10.9. The maximum Gasteiger partial charge on any atom is 0.335 e. The lowest BCUT2D eigenvalue weighted by Crippen LogP contribution is -2.02. The Morgan fingerprint density at radius 1 is 1.45 bits per heavy atom. The van der Waals surface area contributed by atoms with Crippen LogP contribution in [-0.4, -0.2) is 28.4 Å². The second-order valence-corrected chi connectivity index (χ2v) is 5.20. The number of carboxylic acids is 1. The van der Waals surface area contributed by atoms with E-state index in [9.17, 15) is 4.79 Å². The molecule has 0 spiro atoms. The van der Waals surface area contributed by atoms with Crippen LogP contribution in [0.25, 0.3) is 0 Å². The zero-order valence-electron chi connectivity index (χ0n) is 11.3. The lowest BCUT2D eigenvalue weighted by atomic mass is 10.2. The van der Waals surface area contributed by atoms with Gasteiger partial charge in [-0.1, -0.05) is 17.8 Å². The van der Waals surface area contributed by atoms with Crippen LogP contribution in [0.4, 0.5) is 0 Å². The van der Waals surface area contributed by atoms with Crippen molar-refractivity contribution in [1.82, 2.24) is 4.98 Å². The number of aryl methyl sites for hydroxylation is 2. The summed E-state index contributed by atoms with van der Waals surface area (Å²) in [6.45, 7) is 4.23. The summed E-state index contributed by atoms with van der Waals surface area (Å²) in [7, 11) is 0. The smallest absolute Gasteiger partial charge is 0.335 e. The Morgan fingerprint density at radius 3 is 2.90 bits per heavy atom. The molecule has 1 heterocycles. The number of carbonyl (C=O) groups is 1. The molecule has 5 nitrogen and oxygen atoms in total. The number of thioether (sulfide) groups is 1. The standard InChI is InChI=1S/C14H15NO4S/c1-9-10(2)19-14(15-9)20-7-6-18-12-5-3-4-11(8-12)13(16)17/h3-5,8H,6-7H2,1-2H3,(H,16,17). The molecule has 0 unspecified atom stereocenters. The summed E-state index contributed by atoms with van der Waals surface area (Å²) in [4.78, 5) is 15.1. The van der Waals surface area contributed by atoms with Gasteiger partial charge in [0.15, 0.2) is 0 Å². The van der Waals surface area contributed by atoms with E-state index in [1.165, 1.54) is 23.9 Å². The maximum absolute atomic E-state index is 10.8. The summed E-state index contributed by atoms with van der Waals surface area (Å²) in [6.07, 6.45) is 0. The van der Waals surface area contributed by atoms with Gasteiger partial charge in [0, 0.05) is 5.75 Å². The van der Waals surface area contributed by atoms with Gasteiger partial charge in [-0.3, -0.25) is 0 Å². The van der Waals surface area contributed by atoms with Crippen molar-refractivity contribution >= 4 is 17.7 Å². The second kappa shape index (κ2) is 6.47. The SMILES string of the molecule is Cc1nc(SCCOc2cccc(C(=O)O)c2)oc1C. The van der Waals surface area contributed by atoms with Crippen LogP contribution in [0, 0.1) is 13.8 Å². The first-order valence-corrected chi connectivity index (χ1v) is 7.08. The Bertz CT molecular complexity index is 589. The van der Waals surface area contributed by atoms with Gasteiger partial charge in [-0.05, 0) is 32.0 Å². The number of aromatic carboxylic acids is 1. The first-order valence-electron chi connectivity index (χ1n) is 6.09. The summed E-state index contributed by atoms with van der Waals surface area (Å²) >= 11 is 1.47. The number of rotatable bonds is 6. The lowest BCUT2D eigenvalue weighted by Gasteiger charge is -2.05. The van der Waals surface area contributed by atoms with Gasteiger partial charge in [-0.25, -0.2) is 9.78 Å². The number of oxazole rings is 1. The number of hydrogen-bond donors (Lipinski definition) is 1. The van der Waals surface area contributed by atoms with Gasteiger partial charge < -0.3 is 14.3 Å². The van der Waals surface area contributed by atoms with Gasteiger partial charge in [-0.2, -0.15) is 0 Å². The molecular formula is C14H15NO4S. The molecule has 1 aromatic heterocycles. The normalized spacial score (nSPS) is 10.5. The van der Waals surface area contributed by atoms with Crippen LogP contribution in [-0.2, 0) is 0 Å². The Hall–Kier alpha value is -1.95. The van der Waals surface area contributed by atoms with Crippen LogP contribution in [0.2, 0.25) is 0 Å². The Balaban J connectivity index is 1.81. The fourth-order valence-corrected chi connectivity index (χ4v) is 2.24. The first-order chi connectivity index (χ1) is 9.56. The molecule has 106 valence electrons. The molecule has 1 N–H and O–H groups in total. The summed E-state index contributed by atoms with van der Waals surface area (Å²) in [6, 6.07) is 6.43. The highest BCUT2D eigenvalue weighted by atomic mass is 32.2. The number of benzene rings is 1. The van der Waals surface area contributed by atoms with Crippen molar-refractivity contribution < 1.29 is 19.1 Å². The molecule has 0 saturated heterocycles. The fourth-order valence-electron chi connectivity index (χ4n) is 1.51. The highest BCUT2D eigenvalue weighted by Crippen LogP contribution is 2.20. The monoisotopic (exact) mass is 293 g/mol. The highest BCUT2D eigenvalue weighted by molar-refractivity contribution is 7.99. The predicted molar refractivity (Wildman–Crippen MR) is 75.6 cm³/mol. The third kappa shape index (κ3) is 3.77. The largest absolute Gasteiger partial charge is 0.493 e. The van der Waals surface area contributed by atoms with Crippen molar-refractivity contribution in [3.8, 4) is 5.75 Å². The van der Waals surface area contributed by atoms with Crippen molar-refractivity contribution in [1.29, 1.82) is 0 Å². The third-order valence-electron chi connectivity index (χ3n) is 2.67. The average Bonchev–Trinajstić information content (AvgIpc) is 2.74. The molecule has 2 aromatic rings. The van der Waals surface area contributed by atoms with E-state index in [1.807, 2.05) is 13.8 Å². The predicted octanol–water partition coefficient (Wildman–Crippen LogP) is 3.16. The van der Waals surface area contributed by atoms with E-state index < -0.39 is 5.97 Å². The minimum absolute atomic E-state index is 0.217. The van der Waals surface area contributed by atoms with Crippen molar-refractivity contribution in [2.75, 3.05) is 12.4 Å². The number of ether oxygens (including phenoxy) is 1. The van der Waals surface area contributed by atoms with Gasteiger partial charge in [0.25, 0.3) is 5.22 Å². The number of nitrogens with zero attached hydrogens (tertiary/aromatic N) is 1. The van der Waals surface area contributed by atoms with Crippen LogP contribution in [0.5, 0.6) is 5.75 Å². The van der Waals surface area contributed by atoms with Crippen LogP contribution in [0.15, 0.2) is 33.9 Å². The molecule has 20 heavy (non-hydrogen) atoms. The number of carboxylic acid groups (broad SMARTS) is 1. The second-order valence-electron chi connectivity index (χ2n) is 4.15. The zero-order valence-corrected chi connectivity index (χ0v) is 12.1. The zero-order chi connectivity index (χ0) is 14.5.